The first-order chi connectivity index (χ1) is 7.36. The zero-order valence-corrected chi connectivity index (χ0v) is 8.69. The predicted molar refractivity (Wildman–Crippen MR) is 53.2 cm³/mol. The Balaban J connectivity index is 1.69. The van der Waals surface area contributed by atoms with Gasteiger partial charge in [0.15, 0.2) is 6.10 Å². The van der Waals surface area contributed by atoms with Crippen LogP contribution in [0.2, 0.25) is 0 Å². The van der Waals surface area contributed by atoms with Gasteiger partial charge in [0.1, 0.15) is 6.61 Å². The highest BCUT2D eigenvalue weighted by molar-refractivity contribution is 5.74. The van der Waals surface area contributed by atoms with E-state index in [-0.39, 0.29) is 12.1 Å². The third-order valence-electron chi connectivity index (χ3n) is 2.63. The second-order valence-electron chi connectivity index (χ2n) is 3.84. The van der Waals surface area contributed by atoms with Gasteiger partial charge in [-0.2, -0.15) is 0 Å². The number of carbonyl (C=O) groups excluding carboxylic acids is 1. The van der Waals surface area contributed by atoms with Crippen molar-refractivity contribution >= 4 is 5.97 Å². The topological polar surface area (TPSA) is 44.8 Å². The molecular formula is C11H16O4. The van der Waals surface area contributed by atoms with E-state index in [4.69, 9.17) is 14.2 Å². The van der Waals surface area contributed by atoms with E-state index in [1.807, 2.05) is 6.08 Å². The van der Waals surface area contributed by atoms with Crippen LogP contribution < -0.4 is 0 Å². The molecule has 2 unspecified atom stereocenters. The fourth-order valence-electron chi connectivity index (χ4n) is 1.75. The first-order valence-corrected chi connectivity index (χ1v) is 5.45. The van der Waals surface area contributed by atoms with Crippen LogP contribution in [0.25, 0.3) is 0 Å². The highest BCUT2D eigenvalue weighted by atomic mass is 16.6. The van der Waals surface area contributed by atoms with Gasteiger partial charge in [-0.1, -0.05) is 0 Å². The Kier molecular flexibility index (Phi) is 3.61. The van der Waals surface area contributed by atoms with Crippen molar-refractivity contribution in [1.29, 1.82) is 0 Å². The number of rotatable bonds is 3. The van der Waals surface area contributed by atoms with Gasteiger partial charge in [0.25, 0.3) is 0 Å². The molecule has 2 heterocycles. The summed E-state index contributed by atoms with van der Waals surface area (Å²) in [5, 5.41) is 0. The number of esters is 1. The van der Waals surface area contributed by atoms with Crippen LogP contribution in [0, 0.1) is 0 Å². The van der Waals surface area contributed by atoms with Crippen LogP contribution >= 0.6 is 0 Å². The van der Waals surface area contributed by atoms with Crippen molar-refractivity contribution in [3.05, 3.63) is 12.3 Å². The molecule has 0 aromatic rings. The lowest BCUT2D eigenvalue weighted by atomic mass is 10.1. The minimum absolute atomic E-state index is 0.0908. The summed E-state index contributed by atoms with van der Waals surface area (Å²) in [5.41, 5.74) is 0. The maximum Gasteiger partial charge on any atom is 0.347 e. The molecule has 0 spiro atoms. The summed E-state index contributed by atoms with van der Waals surface area (Å²) in [6.45, 7) is 1.15. The van der Waals surface area contributed by atoms with Gasteiger partial charge in [-0.25, -0.2) is 4.79 Å². The standard InChI is InChI=1S/C11H16O4/c12-11(10-5-1-2-6-14-10)15-8-9-4-3-7-13-9/h2,6,9-10H,1,3-5,7-8H2. The van der Waals surface area contributed by atoms with E-state index in [0.29, 0.717) is 13.0 Å². The first-order valence-electron chi connectivity index (χ1n) is 5.45. The quantitative estimate of drug-likeness (QED) is 0.663. The van der Waals surface area contributed by atoms with Gasteiger partial charge in [-0.15, -0.1) is 0 Å². The van der Waals surface area contributed by atoms with Crippen molar-refractivity contribution in [2.75, 3.05) is 13.2 Å². The van der Waals surface area contributed by atoms with Crippen LogP contribution in [0.1, 0.15) is 25.7 Å². The molecule has 1 fully saturated rings. The van der Waals surface area contributed by atoms with E-state index in [0.717, 1.165) is 25.9 Å². The highest BCUT2D eigenvalue weighted by Crippen LogP contribution is 2.15. The summed E-state index contributed by atoms with van der Waals surface area (Å²) >= 11 is 0. The average Bonchev–Trinajstić information content (AvgIpc) is 2.80. The Bertz CT molecular complexity index is 243. The number of carbonyl (C=O) groups is 1. The normalized spacial score (nSPS) is 29.9. The van der Waals surface area contributed by atoms with Crippen LogP contribution in [0.4, 0.5) is 0 Å². The van der Waals surface area contributed by atoms with Crippen LogP contribution in [0.15, 0.2) is 12.3 Å². The summed E-state index contributed by atoms with van der Waals surface area (Å²) in [6, 6.07) is 0. The summed E-state index contributed by atoms with van der Waals surface area (Å²) in [6.07, 6.45) is 6.78. The molecule has 4 heteroatoms. The van der Waals surface area contributed by atoms with Crippen LogP contribution in [-0.4, -0.2) is 31.4 Å². The molecule has 0 aliphatic carbocycles. The lowest BCUT2D eigenvalue weighted by Crippen LogP contribution is -2.29. The third kappa shape index (κ3) is 2.96. The van der Waals surface area contributed by atoms with E-state index in [1.165, 1.54) is 0 Å². The van der Waals surface area contributed by atoms with Crippen molar-refractivity contribution < 1.29 is 19.0 Å². The minimum atomic E-state index is -0.420. The number of hydrogen-bond acceptors (Lipinski definition) is 4. The molecule has 0 saturated carbocycles. The molecule has 0 aromatic heterocycles. The van der Waals surface area contributed by atoms with Gasteiger partial charge < -0.3 is 14.2 Å². The molecule has 2 rings (SSSR count). The van der Waals surface area contributed by atoms with Gasteiger partial charge in [0.05, 0.1) is 12.4 Å². The Morgan fingerprint density at radius 2 is 2.40 bits per heavy atom. The van der Waals surface area contributed by atoms with E-state index in [2.05, 4.69) is 0 Å². The van der Waals surface area contributed by atoms with Crippen molar-refractivity contribution in [3.8, 4) is 0 Å². The Labute approximate surface area is 89.2 Å². The molecule has 2 aliphatic rings. The highest BCUT2D eigenvalue weighted by Gasteiger charge is 2.24. The SMILES string of the molecule is O=C(OCC1CCCO1)C1CCC=CO1. The van der Waals surface area contributed by atoms with Crippen molar-refractivity contribution in [3.63, 3.8) is 0 Å². The van der Waals surface area contributed by atoms with Gasteiger partial charge in [0, 0.05) is 6.61 Å². The van der Waals surface area contributed by atoms with E-state index in [9.17, 15) is 4.79 Å². The molecule has 2 aliphatic heterocycles. The molecule has 4 nitrogen and oxygen atoms in total. The van der Waals surface area contributed by atoms with E-state index < -0.39 is 6.10 Å². The Morgan fingerprint density at radius 3 is 3.07 bits per heavy atom. The predicted octanol–water partition coefficient (Wildman–Crippen LogP) is 1.40. The monoisotopic (exact) mass is 212 g/mol. The lowest BCUT2D eigenvalue weighted by Gasteiger charge is -2.18. The molecular weight excluding hydrogens is 196 g/mol. The Hall–Kier alpha value is -1.03. The van der Waals surface area contributed by atoms with Crippen LogP contribution in [0.3, 0.4) is 0 Å². The average molecular weight is 212 g/mol. The smallest absolute Gasteiger partial charge is 0.347 e. The molecule has 0 radical (unpaired) electrons. The first kappa shape index (κ1) is 10.5. The van der Waals surface area contributed by atoms with Gasteiger partial charge >= 0.3 is 5.97 Å². The third-order valence-corrected chi connectivity index (χ3v) is 2.63. The number of ether oxygens (including phenoxy) is 3. The molecule has 0 bridgehead atoms. The van der Waals surface area contributed by atoms with Crippen LogP contribution in [-0.2, 0) is 19.0 Å². The second-order valence-corrected chi connectivity index (χ2v) is 3.84. The van der Waals surface area contributed by atoms with Gasteiger partial charge in [0.2, 0.25) is 0 Å². The number of allylic oxidation sites excluding steroid dienone is 1. The van der Waals surface area contributed by atoms with Gasteiger partial charge in [-0.3, -0.25) is 0 Å². The van der Waals surface area contributed by atoms with Gasteiger partial charge in [-0.05, 0) is 31.8 Å². The largest absolute Gasteiger partial charge is 0.487 e. The number of hydrogen-bond donors (Lipinski definition) is 0. The zero-order chi connectivity index (χ0) is 10.5. The molecule has 0 amide bonds. The van der Waals surface area contributed by atoms with E-state index >= 15 is 0 Å². The lowest BCUT2D eigenvalue weighted by molar-refractivity contribution is -0.157. The van der Waals surface area contributed by atoms with Crippen molar-refractivity contribution in [2.24, 2.45) is 0 Å². The molecule has 15 heavy (non-hydrogen) atoms. The summed E-state index contributed by atoms with van der Waals surface area (Å²) in [4.78, 5) is 11.5. The molecule has 0 N–H and O–H groups in total. The van der Waals surface area contributed by atoms with Crippen molar-refractivity contribution in [1.82, 2.24) is 0 Å². The fourth-order valence-corrected chi connectivity index (χ4v) is 1.75. The summed E-state index contributed by atoms with van der Waals surface area (Å²) in [7, 11) is 0. The Morgan fingerprint density at radius 1 is 1.47 bits per heavy atom. The fraction of sp³-hybridized carbons (Fsp3) is 0.727. The maximum atomic E-state index is 11.5. The van der Waals surface area contributed by atoms with Crippen molar-refractivity contribution in [2.45, 2.75) is 37.9 Å². The summed E-state index contributed by atoms with van der Waals surface area (Å²) in [5.74, 6) is -0.269. The zero-order valence-electron chi connectivity index (χ0n) is 8.69. The van der Waals surface area contributed by atoms with E-state index in [1.54, 1.807) is 6.26 Å². The molecule has 2 atom stereocenters. The molecule has 84 valence electrons. The summed E-state index contributed by atoms with van der Waals surface area (Å²) < 4.78 is 15.7. The molecule has 1 saturated heterocycles. The second kappa shape index (κ2) is 5.16. The maximum absolute atomic E-state index is 11.5. The molecule has 0 aromatic carbocycles. The van der Waals surface area contributed by atoms with Crippen LogP contribution in [0.5, 0.6) is 0 Å². The minimum Gasteiger partial charge on any atom is -0.487 e.